The molecule has 3 heterocycles. The molecule has 0 aliphatic carbocycles. The lowest BCUT2D eigenvalue weighted by molar-refractivity contribution is -0.132. The minimum Gasteiger partial charge on any atom is -0.339 e. The highest BCUT2D eigenvalue weighted by Gasteiger charge is 2.27. The number of amides is 2. The smallest absolute Gasteiger partial charge is 0.274 e. The highest BCUT2D eigenvalue weighted by atomic mass is 32.2. The number of thioether (sulfide) groups is 1. The lowest BCUT2D eigenvalue weighted by atomic mass is 10.1. The fourth-order valence-electron chi connectivity index (χ4n) is 3.77. The van der Waals surface area contributed by atoms with Crippen LogP contribution in [0.1, 0.15) is 35.4 Å². The number of rotatable bonds is 5. The Balaban J connectivity index is 1.24. The van der Waals surface area contributed by atoms with Gasteiger partial charge in [0.05, 0.1) is 0 Å². The van der Waals surface area contributed by atoms with Gasteiger partial charge < -0.3 is 9.80 Å². The van der Waals surface area contributed by atoms with E-state index in [2.05, 4.69) is 17.2 Å². The lowest BCUT2D eigenvalue weighted by Crippen LogP contribution is -2.50. The molecule has 0 saturated carbocycles. The van der Waals surface area contributed by atoms with Crippen LogP contribution in [0.4, 0.5) is 0 Å². The van der Waals surface area contributed by atoms with Crippen LogP contribution in [-0.2, 0) is 17.8 Å². The van der Waals surface area contributed by atoms with E-state index in [4.69, 9.17) is 0 Å². The number of nitrogens with zero attached hydrogens (tertiary/aromatic N) is 4. The summed E-state index contributed by atoms with van der Waals surface area (Å²) in [6, 6.07) is 12.1. The molecule has 2 aromatic rings. The van der Waals surface area contributed by atoms with Gasteiger partial charge >= 0.3 is 0 Å². The van der Waals surface area contributed by atoms with Crippen molar-refractivity contribution in [2.45, 2.75) is 37.1 Å². The predicted molar refractivity (Wildman–Crippen MR) is 109 cm³/mol. The minimum atomic E-state index is -0.00590. The zero-order chi connectivity index (χ0) is 19.3. The van der Waals surface area contributed by atoms with Gasteiger partial charge in [0.2, 0.25) is 5.91 Å². The summed E-state index contributed by atoms with van der Waals surface area (Å²) in [5.41, 5.74) is 1.72. The fraction of sp³-hybridized carbons (Fsp3) is 0.476. The maximum atomic E-state index is 12.8. The van der Waals surface area contributed by atoms with Gasteiger partial charge in [-0.15, -0.1) is 11.8 Å². The average Bonchev–Trinajstić information content (AvgIpc) is 3.18. The zero-order valence-electron chi connectivity index (χ0n) is 16.0. The topological polar surface area (TPSA) is 58.4 Å². The van der Waals surface area contributed by atoms with Crippen LogP contribution in [-0.4, -0.2) is 63.3 Å². The molecule has 0 spiro atoms. The molecule has 2 aliphatic rings. The Morgan fingerprint density at radius 2 is 1.71 bits per heavy atom. The van der Waals surface area contributed by atoms with Crippen molar-refractivity contribution in [1.82, 2.24) is 19.6 Å². The molecule has 0 N–H and O–H groups in total. The molecule has 6 nitrogen and oxygen atoms in total. The van der Waals surface area contributed by atoms with Crippen LogP contribution in [0.25, 0.3) is 0 Å². The number of benzene rings is 1. The number of aryl methyl sites for hydroxylation is 2. The third-order valence-corrected chi connectivity index (χ3v) is 6.40. The molecule has 4 rings (SSSR count). The summed E-state index contributed by atoms with van der Waals surface area (Å²) in [6.45, 7) is 3.28. The van der Waals surface area contributed by atoms with Crippen molar-refractivity contribution in [2.24, 2.45) is 0 Å². The van der Waals surface area contributed by atoms with E-state index in [1.807, 2.05) is 38.7 Å². The van der Waals surface area contributed by atoms with Gasteiger partial charge in [-0.2, -0.15) is 5.10 Å². The van der Waals surface area contributed by atoms with Gasteiger partial charge in [0.1, 0.15) is 0 Å². The first-order chi connectivity index (χ1) is 13.7. The van der Waals surface area contributed by atoms with Crippen LogP contribution in [0.3, 0.4) is 0 Å². The molecule has 7 heteroatoms. The molecule has 1 saturated heterocycles. The molecule has 0 atom stereocenters. The summed E-state index contributed by atoms with van der Waals surface area (Å²) in [6.07, 6.45) is 3.83. The first kappa shape index (κ1) is 19.1. The molecular weight excluding hydrogens is 372 g/mol. The Labute approximate surface area is 169 Å². The molecule has 2 amide bonds. The van der Waals surface area contributed by atoms with Gasteiger partial charge in [0.25, 0.3) is 5.91 Å². The molecule has 2 aliphatic heterocycles. The molecule has 148 valence electrons. The van der Waals surface area contributed by atoms with Crippen molar-refractivity contribution in [3.8, 4) is 0 Å². The molecular formula is C21H26N4O2S. The monoisotopic (exact) mass is 398 g/mol. The number of fused-ring (bicyclic) bond motifs is 1. The van der Waals surface area contributed by atoms with E-state index >= 15 is 0 Å². The van der Waals surface area contributed by atoms with Gasteiger partial charge in [-0.3, -0.25) is 14.3 Å². The number of carbonyl (C=O) groups is 2. The first-order valence-electron chi connectivity index (χ1n) is 10.0. The highest BCUT2D eigenvalue weighted by molar-refractivity contribution is 7.99. The summed E-state index contributed by atoms with van der Waals surface area (Å²) in [7, 11) is 0. The molecule has 1 aromatic heterocycles. The second-order valence-corrected chi connectivity index (χ2v) is 8.45. The van der Waals surface area contributed by atoms with Gasteiger partial charge in [-0.05, 0) is 37.5 Å². The first-order valence-corrected chi connectivity index (χ1v) is 11.0. The molecule has 1 fully saturated rings. The quantitative estimate of drug-likeness (QED) is 0.727. The molecule has 1 aromatic carbocycles. The summed E-state index contributed by atoms with van der Waals surface area (Å²) in [5.74, 6) is 0.948. The Morgan fingerprint density at radius 1 is 0.964 bits per heavy atom. The maximum absolute atomic E-state index is 12.8. The SMILES string of the molecule is O=C(CCSc1ccccc1)N1CCN(C(=O)c2cc3n(n2)CCCC3)CC1. The Hall–Kier alpha value is -2.28. The standard InChI is InChI=1S/C21H26N4O2S/c26-20(9-15-28-18-7-2-1-3-8-18)23-11-13-24(14-12-23)21(27)19-16-17-6-4-5-10-25(17)22-19/h1-3,7-8,16H,4-6,9-15H2. The second-order valence-electron chi connectivity index (χ2n) is 7.29. The molecule has 28 heavy (non-hydrogen) atoms. The van der Waals surface area contributed by atoms with Crippen molar-refractivity contribution in [3.05, 3.63) is 47.8 Å². The van der Waals surface area contributed by atoms with Gasteiger partial charge in [0.15, 0.2) is 5.69 Å². The Bertz CT molecular complexity index is 805. The van der Waals surface area contributed by atoms with Crippen LogP contribution < -0.4 is 0 Å². The maximum Gasteiger partial charge on any atom is 0.274 e. The summed E-state index contributed by atoms with van der Waals surface area (Å²) >= 11 is 1.71. The average molecular weight is 399 g/mol. The summed E-state index contributed by atoms with van der Waals surface area (Å²) < 4.78 is 1.97. The number of aromatic nitrogens is 2. The zero-order valence-corrected chi connectivity index (χ0v) is 16.9. The Kier molecular flexibility index (Phi) is 6.00. The van der Waals surface area contributed by atoms with Crippen molar-refractivity contribution >= 4 is 23.6 Å². The van der Waals surface area contributed by atoms with Crippen molar-refractivity contribution in [1.29, 1.82) is 0 Å². The second kappa shape index (κ2) is 8.82. The minimum absolute atomic E-state index is 0.00590. The van der Waals surface area contributed by atoms with Gasteiger partial charge in [-0.25, -0.2) is 0 Å². The molecule has 0 unspecified atom stereocenters. The number of piperazine rings is 1. The van der Waals surface area contributed by atoms with E-state index in [0.717, 1.165) is 25.1 Å². The highest BCUT2D eigenvalue weighted by Crippen LogP contribution is 2.19. The van der Waals surface area contributed by atoms with E-state index in [1.165, 1.54) is 17.0 Å². The van der Waals surface area contributed by atoms with Crippen molar-refractivity contribution < 1.29 is 9.59 Å². The largest absolute Gasteiger partial charge is 0.339 e. The molecule has 0 bridgehead atoms. The predicted octanol–water partition coefficient (Wildman–Crippen LogP) is 2.69. The summed E-state index contributed by atoms with van der Waals surface area (Å²) in [5, 5.41) is 4.49. The van der Waals surface area contributed by atoms with Crippen LogP contribution in [0.5, 0.6) is 0 Å². The van der Waals surface area contributed by atoms with Crippen molar-refractivity contribution in [3.63, 3.8) is 0 Å². The van der Waals surface area contributed by atoms with E-state index in [-0.39, 0.29) is 11.8 Å². The van der Waals surface area contributed by atoms with Crippen LogP contribution in [0.2, 0.25) is 0 Å². The van der Waals surface area contributed by atoms with E-state index in [0.29, 0.717) is 38.3 Å². The van der Waals surface area contributed by atoms with E-state index in [1.54, 1.807) is 11.8 Å². The van der Waals surface area contributed by atoms with Gasteiger partial charge in [0, 0.05) is 55.5 Å². The van der Waals surface area contributed by atoms with Crippen LogP contribution >= 0.6 is 11.8 Å². The number of carbonyl (C=O) groups excluding carboxylic acids is 2. The Morgan fingerprint density at radius 3 is 2.46 bits per heavy atom. The van der Waals surface area contributed by atoms with E-state index in [9.17, 15) is 9.59 Å². The number of hydrogen-bond acceptors (Lipinski definition) is 4. The molecule has 0 radical (unpaired) electrons. The third-order valence-electron chi connectivity index (χ3n) is 5.38. The summed E-state index contributed by atoms with van der Waals surface area (Å²) in [4.78, 5) is 30.1. The number of hydrogen-bond donors (Lipinski definition) is 0. The van der Waals surface area contributed by atoms with E-state index < -0.39 is 0 Å². The van der Waals surface area contributed by atoms with Crippen LogP contribution in [0, 0.1) is 0 Å². The third kappa shape index (κ3) is 4.41. The van der Waals surface area contributed by atoms with Crippen LogP contribution in [0.15, 0.2) is 41.3 Å². The lowest BCUT2D eigenvalue weighted by Gasteiger charge is -2.34. The van der Waals surface area contributed by atoms with Gasteiger partial charge in [-0.1, -0.05) is 18.2 Å². The van der Waals surface area contributed by atoms with Crippen molar-refractivity contribution in [2.75, 3.05) is 31.9 Å². The fourth-order valence-corrected chi connectivity index (χ4v) is 4.64. The normalized spacial score (nSPS) is 16.7.